The number of nitriles is 1. The van der Waals surface area contributed by atoms with Crippen LogP contribution in [0.15, 0.2) is 53.4 Å². The average molecular weight is 343 g/mol. The maximum Gasteiger partial charge on any atom is 0.416 e. The number of hydrogen-bond acceptors (Lipinski definition) is 3. The van der Waals surface area contributed by atoms with Crippen LogP contribution in [0.25, 0.3) is 0 Å². The number of halogens is 4. The monoisotopic (exact) mass is 343 g/mol. The standard InChI is InChI=1S/C15H9F4NO2S/c16-12-5-1-10(2-6-12)14(9-20)23(21,22)13-7-3-11(4-8-13)15(17,18)19/h1-8,14H. The van der Waals surface area contributed by atoms with Gasteiger partial charge in [0.15, 0.2) is 15.1 Å². The minimum atomic E-state index is -4.59. The van der Waals surface area contributed by atoms with E-state index in [1.165, 1.54) is 0 Å². The van der Waals surface area contributed by atoms with Gasteiger partial charge < -0.3 is 0 Å². The molecule has 2 rings (SSSR count). The molecule has 0 aliphatic heterocycles. The Bertz CT molecular complexity index is 835. The van der Waals surface area contributed by atoms with Gasteiger partial charge in [-0.1, -0.05) is 12.1 Å². The summed E-state index contributed by atoms with van der Waals surface area (Å²) in [6, 6.07) is 8.74. The largest absolute Gasteiger partial charge is 0.416 e. The van der Waals surface area contributed by atoms with E-state index in [1.807, 2.05) is 0 Å². The summed E-state index contributed by atoms with van der Waals surface area (Å²) in [5, 5.41) is 7.49. The Kier molecular flexibility index (Phi) is 4.43. The zero-order valence-electron chi connectivity index (χ0n) is 11.4. The molecule has 1 atom stereocenters. The van der Waals surface area contributed by atoms with Crippen molar-refractivity contribution in [2.75, 3.05) is 0 Å². The van der Waals surface area contributed by atoms with E-state index in [0.717, 1.165) is 36.4 Å². The van der Waals surface area contributed by atoms with Gasteiger partial charge in [-0.3, -0.25) is 0 Å². The molecule has 2 aromatic carbocycles. The fraction of sp³-hybridized carbons (Fsp3) is 0.133. The number of nitrogens with zero attached hydrogens (tertiary/aromatic N) is 1. The van der Waals surface area contributed by atoms with Crippen LogP contribution < -0.4 is 0 Å². The van der Waals surface area contributed by atoms with Crippen LogP contribution in [0.5, 0.6) is 0 Å². The quantitative estimate of drug-likeness (QED) is 0.795. The summed E-state index contributed by atoms with van der Waals surface area (Å²) in [5.74, 6) is -0.600. The number of alkyl halides is 3. The summed E-state index contributed by atoms with van der Waals surface area (Å²) in [7, 11) is -4.23. The lowest BCUT2D eigenvalue weighted by atomic mass is 10.1. The van der Waals surface area contributed by atoms with Crippen LogP contribution in [0.2, 0.25) is 0 Å². The van der Waals surface area contributed by atoms with Crippen molar-refractivity contribution >= 4 is 9.84 Å². The summed E-state index contributed by atoms with van der Waals surface area (Å²) in [5.41, 5.74) is -0.958. The molecule has 0 heterocycles. The molecule has 2 aromatic rings. The molecule has 8 heteroatoms. The Morgan fingerprint density at radius 2 is 1.48 bits per heavy atom. The molecule has 0 saturated heterocycles. The van der Waals surface area contributed by atoms with Crippen molar-refractivity contribution < 1.29 is 26.0 Å². The van der Waals surface area contributed by atoms with Crippen LogP contribution in [-0.2, 0) is 16.0 Å². The van der Waals surface area contributed by atoms with Gasteiger partial charge in [0.1, 0.15) is 5.82 Å². The first kappa shape index (κ1) is 17.0. The first-order chi connectivity index (χ1) is 10.7. The van der Waals surface area contributed by atoms with Crippen molar-refractivity contribution in [3.05, 3.63) is 65.5 Å². The molecular weight excluding hydrogens is 334 g/mol. The van der Waals surface area contributed by atoms with Crippen LogP contribution in [0.1, 0.15) is 16.4 Å². The number of hydrogen-bond donors (Lipinski definition) is 0. The summed E-state index contributed by atoms with van der Waals surface area (Å²) in [6.45, 7) is 0. The zero-order chi connectivity index (χ0) is 17.3. The van der Waals surface area contributed by atoms with Crippen molar-refractivity contribution in [3.8, 4) is 6.07 Å². The number of benzene rings is 2. The van der Waals surface area contributed by atoms with Gasteiger partial charge in [0.25, 0.3) is 0 Å². The maximum atomic E-state index is 12.9. The lowest BCUT2D eigenvalue weighted by Gasteiger charge is -2.12. The fourth-order valence-electron chi connectivity index (χ4n) is 1.93. The summed E-state index contributed by atoms with van der Waals surface area (Å²) >= 11 is 0. The Labute approximate surface area is 129 Å². The van der Waals surface area contributed by atoms with Gasteiger partial charge in [0.2, 0.25) is 0 Å². The van der Waals surface area contributed by atoms with Crippen LogP contribution in [0, 0.1) is 17.1 Å². The van der Waals surface area contributed by atoms with Gasteiger partial charge in [-0.25, -0.2) is 12.8 Å². The van der Waals surface area contributed by atoms with Crippen molar-refractivity contribution in [2.45, 2.75) is 16.3 Å². The third-order valence-electron chi connectivity index (χ3n) is 3.11. The van der Waals surface area contributed by atoms with Gasteiger partial charge >= 0.3 is 6.18 Å². The average Bonchev–Trinajstić information content (AvgIpc) is 2.49. The highest BCUT2D eigenvalue weighted by molar-refractivity contribution is 7.92. The summed E-state index contributed by atoms with van der Waals surface area (Å²) < 4.78 is 75.2. The van der Waals surface area contributed by atoms with E-state index in [-0.39, 0.29) is 5.56 Å². The predicted octanol–water partition coefficient (Wildman–Crippen LogP) is 3.88. The molecule has 0 radical (unpaired) electrons. The van der Waals surface area contributed by atoms with E-state index in [2.05, 4.69) is 0 Å². The summed E-state index contributed by atoms with van der Waals surface area (Å²) in [4.78, 5) is -0.415. The molecule has 0 bridgehead atoms. The first-order valence-electron chi connectivity index (χ1n) is 6.22. The van der Waals surface area contributed by atoms with Crippen LogP contribution in [0.4, 0.5) is 17.6 Å². The van der Waals surface area contributed by atoms with E-state index >= 15 is 0 Å². The van der Waals surface area contributed by atoms with Gasteiger partial charge in [0, 0.05) is 0 Å². The van der Waals surface area contributed by atoms with Crippen LogP contribution in [-0.4, -0.2) is 8.42 Å². The second kappa shape index (κ2) is 6.01. The highest BCUT2D eigenvalue weighted by Crippen LogP contribution is 2.32. The van der Waals surface area contributed by atoms with E-state index in [0.29, 0.717) is 12.1 Å². The highest BCUT2D eigenvalue weighted by Gasteiger charge is 2.33. The van der Waals surface area contributed by atoms with Crippen molar-refractivity contribution in [3.63, 3.8) is 0 Å². The second-order valence-electron chi connectivity index (χ2n) is 4.63. The van der Waals surface area contributed by atoms with Crippen LogP contribution in [0.3, 0.4) is 0 Å². The molecule has 0 N–H and O–H groups in total. The Morgan fingerprint density at radius 1 is 0.957 bits per heavy atom. The topological polar surface area (TPSA) is 57.9 Å². The third-order valence-corrected chi connectivity index (χ3v) is 5.04. The van der Waals surface area contributed by atoms with E-state index in [9.17, 15) is 26.0 Å². The summed E-state index contributed by atoms with van der Waals surface area (Å²) in [6.07, 6.45) is -4.59. The third kappa shape index (κ3) is 3.51. The fourth-order valence-corrected chi connectivity index (χ4v) is 3.37. The number of rotatable bonds is 3. The molecular formula is C15H9F4NO2S. The number of sulfone groups is 1. The highest BCUT2D eigenvalue weighted by atomic mass is 32.2. The molecule has 3 nitrogen and oxygen atoms in total. The smallest absolute Gasteiger partial charge is 0.222 e. The lowest BCUT2D eigenvalue weighted by molar-refractivity contribution is -0.137. The minimum Gasteiger partial charge on any atom is -0.222 e. The van der Waals surface area contributed by atoms with E-state index < -0.39 is 37.5 Å². The lowest BCUT2D eigenvalue weighted by Crippen LogP contribution is -2.13. The molecule has 0 spiro atoms. The van der Waals surface area contributed by atoms with Gasteiger partial charge in [-0.15, -0.1) is 0 Å². The molecule has 1 unspecified atom stereocenters. The Morgan fingerprint density at radius 3 is 1.91 bits per heavy atom. The predicted molar refractivity (Wildman–Crippen MR) is 73.4 cm³/mol. The molecule has 120 valence electrons. The zero-order valence-corrected chi connectivity index (χ0v) is 12.2. The Hall–Kier alpha value is -2.40. The molecule has 0 aromatic heterocycles. The molecule has 0 aliphatic carbocycles. The van der Waals surface area contributed by atoms with Crippen molar-refractivity contribution in [2.24, 2.45) is 0 Å². The van der Waals surface area contributed by atoms with Gasteiger partial charge in [-0.2, -0.15) is 18.4 Å². The Balaban J connectivity index is 2.44. The SMILES string of the molecule is N#CC(c1ccc(F)cc1)S(=O)(=O)c1ccc(C(F)(F)F)cc1. The van der Waals surface area contributed by atoms with Crippen molar-refractivity contribution in [1.29, 1.82) is 5.26 Å². The first-order valence-corrected chi connectivity index (χ1v) is 7.77. The maximum absolute atomic E-state index is 12.9. The molecule has 0 fully saturated rings. The van der Waals surface area contributed by atoms with Gasteiger partial charge in [0.05, 0.1) is 16.5 Å². The van der Waals surface area contributed by atoms with Crippen molar-refractivity contribution in [1.82, 2.24) is 0 Å². The normalized spacial score (nSPS) is 13.3. The van der Waals surface area contributed by atoms with E-state index in [1.54, 1.807) is 6.07 Å². The van der Waals surface area contributed by atoms with Gasteiger partial charge in [-0.05, 0) is 42.0 Å². The van der Waals surface area contributed by atoms with E-state index in [4.69, 9.17) is 5.26 Å². The minimum absolute atomic E-state index is 0.0359. The molecule has 0 aliphatic rings. The molecule has 23 heavy (non-hydrogen) atoms. The molecule has 0 amide bonds. The second-order valence-corrected chi connectivity index (χ2v) is 6.66. The molecule has 0 saturated carbocycles. The van der Waals surface area contributed by atoms with Crippen LogP contribution >= 0.6 is 0 Å².